The third-order valence-electron chi connectivity index (χ3n) is 5.87. The normalized spacial score (nSPS) is 11.9. The standard InChI is InChI=1S/C28H23ClN8O/c29-23-9-12-27(37-18-32-35-36-37)21(15-23)8-13-28(38)33-25(14-19-4-2-1-3-5-19)26-16-22(17-31-34-26)20-6-10-24(30)11-7-20/h1-13,15-18,25H,14,30H2,(H,33,38)/b13-8+/t25-/m0/s1. The molecule has 1 amide bonds. The SMILES string of the molecule is Nc1ccc(-c2cnnc([C@H](Cc3ccccc3)NC(=O)/C=C/c3cc(Cl)ccc3-n3cnnn3)c2)cc1. The Morgan fingerprint density at radius 2 is 1.82 bits per heavy atom. The van der Waals surface area contributed by atoms with Crippen LogP contribution in [0.1, 0.15) is 22.9 Å². The maximum absolute atomic E-state index is 13.1. The molecule has 0 radical (unpaired) electrons. The molecule has 0 unspecified atom stereocenters. The molecule has 10 heteroatoms. The van der Waals surface area contributed by atoms with Gasteiger partial charge in [-0.1, -0.05) is 54.1 Å². The largest absolute Gasteiger partial charge is 0.399 e. The summed E-state index contributed by atoms with van der Waals surface area (Å²) in [5.74, 6) is -0.298. The van der Waals surface area contributed by atoms with Crippen molar-refractivity contribution in [3.8, 4) is 16.8 Å². The van der Waals surface area contributed by atoms with E-state index in [0.717, 1.165) is 16.7 Å². The second-order valence-electron chi connectivity index (χ2n) is 8.53. The highest BCUT2D eigenvalue weighted by atomic mass is 35.5. The second kappa shape index (κ2) is 11.4. The maximum Gasteiger partial charge on any atom is 0.244 e. The number of hydrogen-bond acceptors (Lipinski definition) is 7. The highest BCUT2D eigenvalue weighted by molar-refractivity contribution is 6.30. The molecule has 2 aromatic heterocycles. The number of halogens is 1. The number of nitrogens with one attached hydrogen (secondary N) is 1. The number of nitrogen functional groups attached to an aromatic ring is 1. The van der Waals surface area contributed by atoms with Gasteiger partial charge in [-0.25, -0.2) is 0 Å². The van der Waals surface area contributed by atoms with E-state index in [-0.39, 0.29) is 5.91 Å². The van der Waals surface area contributed by atoms with Crippen LogP contribution in [0.2, 0.25) is 5.02 Å². The molecule has 0 spiro atoms. The van der Waals surface area contributed by atoms with E-state index in [4.69, 9.17) is 17.3 Å². The van der Waals surface area contributed by atoms with Gasteiger partial charge in [0.15, 0.2) is 0 Å². The lowest BCUT2D eigenvalue weighted by molar-refractivity contribution is -0.117. The first-order chi connectivity index (χ1) is 18.5. The number of tetrazole rings is 1. The monoisotopic (exact) mass is 522 g/mol. The highest BCUT2D eigenvalue weighted by Gasteiger charge is 2.18. The number of carbonyl (C=O) groups is 1. The van der Waals surface area contributed by atoms with E-state index < -0.39 is 6.04 Å². The third kappa shape index (κ3) is 6.08. The smallest absolute Gasteiger partial charge is 0.244 e. The lowest BCUT2D eigenvalue weighted by atomic mass is 10.00. The van der Waals surface area contributed by atoms with Gasteiger partial charge in [0.05, 0.1) is 23.6 Å². The summed E-state index contributed by atoms with van der Waals surface area (Å²) in [6.07, 6.45) is 6.83. The maximum atomic E-state index is 13.1. The Bertz CT molecular complexity index is 1550. The molecule has 0 aliphatic carbocycles. The van der Waals surface area contributed by atoms with Gasteiger partial charge >= 0.3 is 0 Å². The average Bonchev–Trinajstić information content (AvgIpc) is 3.48. The third-order valence-corrected chi connectivity index (χ3v) is 6.11. The van der Waals surface area contributed by atoms with Crippen molar-refractivity contribution in [3.05, 3.63) is 119 Å². The van der Waals surface area contributed by atoms with Crippen molar-refractivity contribution >= 4 is 29.3 Å². The van der Waals surface area contributed by atoms with Crippen molar-refractivity contribution < 1.29 is 4.79 Å². The van der Waals surface area contributed by atoms with Crippen LogP contribution in [0, 0.1) is 0 Å². The number of hydrogen-bond donors (Lipinski definition) is 2. The molecule has 5 aromatic rings. The van der Waals surface area contributed by atoms with E-state index in [0.29, 0.717) is 34.1 Å². The highest BCUT2D eigenvalue weighted by Crippen LogP contribution is 2.24. The van der Waals surface area contributed by atoms with Crippen LogP contribution in [0.15, 0.2) is 97.5 Å². The molecule has 188 valence electrons. The fourth-order valence-electron chi connectivity index (χ4n) is 3.99. The summed E-state index contributed by atoms with van der Waals surface area (Å²) in [6, 6.07) is 24.2. The number of nitrogens with two attached hydrogens (primary N) is 1. The molecule has 0 aliphatic heterocycles. The van der Waals surface area contributed by atoms with Crippen LogP contribution in [0.25, 0.3) is 22.9 Å². The predicted molar refractivity (Wildman–Crippen MR) is 146 cm³/mol. The van der Waals surface area contributed by atoms with Gasteiger partial charge in [0.2, 0.25) is 5.91 Å². The van der Waals surface area contributed by atoms with Gasteiger partial charge in [0.25, 0.3) is 0 Å². The zero-order valence-corrected chi connectivity index (χ0v) is 20.9. The predicted octanol–water partition coefficient (Wildman–Crippen LogP) is 4.47. The first-order valence-corrected chi connectivity index (χ1v) is 12.2. The van der Waals surface area contributed by atoms with Gasteiger partial charge in [-0.2, -0.15) is 14.9 Å². The first kappa shape index (κ1) is 24.8. The van der Waals surface area contributed by atoms with Crippen molar-refractivity contribution in [2.75, 3.05) is 5.73 Å². The van der Waals surface area contributed by atoms with E-state index in [9.17, 15) is 4.79 Å². The van der Waals surface area contributed by atoms with Gasteiger partial charge in [-0.3, -0.25) is 4.79 Å². The fraction of sp³-hybridized carbons (Fsp3) is 0.0714. The van der Waals surface area contributed by atoms with Crippen LogP contribution in [0.4, 0.5) is 5.69 Å². The zero-order valence-electron chi connectivity index (χ0n) is 20.1. The summed E-state index contributed by atoms with van der Waals surface area (Å²) in [7, 11) is 0. The van der Waals surface area contributed by atoms with Crippen molar-refractivity contribution in [3.63, 3.8) is 0 Å². The molecular formula is C28H23ClN8O. The lowest BCUT2D eigenvalue weighted by Crippen LogP contribution is -2.29. The molecule has 0 saturated heterocycles. The van der Waals surface area contributed by atoms with Crippen LogP contribution in [0.3, 0.4) is 0 Å². The Morgan fingerprint density at radius 1 is 1.00 bits per heavy atom. The van der Waals surface area contributed by atoms with E-state index >= 15 is 0 Å². The molecule has 0 fully saturated rings. The van der Waals surface area contributed by atoms with Crippen molar-refractivity contribution in [1.29, 1.82) is 0 Å². The van der Waals surface area contributed by atoms with E-state index in [1.807, 2.05) is 60.7 Å². The van der Waals surface area contributed by atoms with Crippen LogP contribution in [0.5, 0.6) is 0 Å². The van der Waals surface area contributed by atoms with Gasteiger partial charge < -0.3 is 11.1 Å². The summed E-state index contributed by atoms with van der Waals surface area (Å²) < 4.78 is 1.50. The quantitative estimate of drug-likeness (QED) is 0.227. The summed E-state index contributed by atoms with van der Waals surface area (Å²) in [6.45, 7) is 0. The Balaban J connectivity index is 1.42. The number of benzene rings is 3. The second-order valence-corrected chi connectivity index (χ2v) is 8.97. The Hall–Kier alpha value is -4.89. The summed E-state index contributed by atoms with van der Waals surface area (Å²) in [5, 5.41) is 23.5. The van der Waals surface area contributed by atoms with Crippen molar-refractivity contribution in [1.82, 2.24) is 35.7 Å². The Labute approximate surface area is 224 Å². The molecule has 2 heterocycles. The minimum Gasteiger partial charge on any atom is -0.399 e. The minimum absolute atomic E-state index is 0.298. The number of nitrogens with zero attached hydrogens (tertiary/aromatic N) is 6. The molecule has 0 aliphatic rings. The number of anilines is 1. The van der Waals surface area contributed by atoms with Gasteiger partial charge in [-0.15, -0.1) is 5.10 Å². The van der Waals surface area contributed by atoms with E-state index in [1.54, 1.807) is 30.5 Å². The Kier molecular flexibility index (Phi) is 7.47. The zero-order chi connectivity index (χ0) is 26.3. The fourth-order valence-corrected chi connectivity index (χ4v) is 4.17. The van der Waals surface area contributed by atoms with Crippen LogP contribution >= 0.6 is 11.6 Å². The average molecular weight is 523 g/mol. The molecular weight excluding hydrogens is 500 g/mol. The van der Waals surface area contributed by atoms with Gasteiger partial charge in [-0.05, 0) is 70.4 Å². The van der Waals surface area contributed by atoms with Gasteiger partial charge in [0.1, 0.15) is 6.33 Å². The molecule has 0 saturated carbocycles. The van der Waals surface area contributed by atoms with Crippen molar-refractivity contribution in [2.45, 2.75) is 12.5 Å². The molecule has 3 aromatic carbocycles. The van der Waals surface area contributed by atoms with E-state index in [1.165, 1.54) is 17.1 Å². The van der Waals surface area contributed by atoms with Crippen LogP contribution in [-0.2, 0) is 11.2 Å². The lowest BCUT2D eigenvalue weighted by Gasteiger charge is -2.18. The Morgan fingerprint density at radius 3 is 2.58 bits per heavy atom. The molecule has 1 atom stereocenters. The topological polar surface area (TPSA) is 125 Å². The number of rotatable bonds is 8. The summed E-state index contributed by atoms with van der Waals surface area (Å²) in [5.41, 5.74) is 11.4. The molecule has 0 bridgehead atoms. The molecule has 9 nitrogen and oxygen atoms in total. The summed E-state index contributed by atoms with van der Waals surface area (Å²) in [4.78, 5) is 13.1. The van der Waals surface area contributed by atoms with Crippen LogP contribution < -0.4 is 11.1 Å². The van der Waals surface area contributed by atoms with Gasteiger partial charge in [0, 0.05) is 27.9 Å². The molecule has 38 heavy (non-hydrogen) atoms. The summed E-state index contributed by atoms with van der Waals surface area (Å²) >= 11 is 6.20. The number of carbonyl (C=O) groups excluding carboxylic acids is 1. The minimum atomic E-state index is -0.422. The van der Waals surface area contributed by atoms with Crippen LogP contribution in [-0.4, -0.2) is 36.3 Å². The number of amides is 1. The molecule has 5 rings (SSSR count). The van der Waals surface area contributed by atoms with Crippen molar-refractivity contribution in [2.24, 2.45) is 0 Å². The first-order valence-electron chi connectivity index (χ1n) is 11.8. The number of aromatic nitrogens is 6. The van der Waals surface area contributed by atoms with E-state index in [2.05, 4.69) is 31.0 Å². The molecule has 3 N–H and O–H groups in total.